The van der Waals surface area contributed by atoms with Gasteiger partial charge in [0, 0.05) is 51.4 Å². The molecule has 1 aromatic carbocycles. The van der Waals surface area contributed by atoms with Crippen molar-refractivity contribution in [2.45, 2.75) is 26.4 Å². The molecule has 2 amide bonds. The molecule has 2 fully saturated rings. The maximum atomic E-state index is 12.9. The van der Waals surface area contributed by atoms with E-state index in [0.717, 1.165) is 12.1 Å². The zero-order chi connectivity index (χ0) is 20.5. The van der Waals surface area contributed by atoms with E-state index >= 15 is 0 Å². The van der Waals surface area contributed by atoms with E-state index in [-0.39, 0.29) is 24.2 Å². The Balaban J connectivity index is 1.57. The molecular formula is C20H26F3N3O2. The Hall–Kier alpha value is -2.25. The van der Waals surface area contributed by atoms with Gasteiger partial charge in [-0.15, -0.1) is 0 Å². The number of likely N-dealkylation sites (tertiary alicyclic amines) is 1. The van der Waals surface area contributed by atoms with E-state index in [0.29, 0.717) is 50.9 Å². The highest BCUT2D eigenvalue weighted by Crippen LogP contribution is 2.32. The van der Waals surface area contributed by atoms with Crippen LogP contribution in [-0.4, -0.2) is 60.9 Å². The average Bonchev–Trinajstić information content (AvgIpc) is 3.00. The number of alkyl halides is 3. The lowest BCUT2D eigenvalue weighted by atomic mass is 10.1. The highest BCUT2D eigenvalue weighted by Gasteiger charge is 2.37. The monoisotopic (exact) mass is 397 g/mol. The van der Waals surface area contributed by atoms with Crippen molar-refractivity contribution in [1.82, 2.24) is 9.80 Å². The Kier molecular flexibility index (Phi) is 5.86. The van der Waals surface area contributed by atoms with Crippen LogP contribution in [0.5, 0.6) is 0 Å². The van der Waals surface area contributed by atoms with Crippen LogP contribution in [0.15, 0.2) is 24.3 Å². The van der Waals surface area contributed by atoms with Crippen LogP contribution in [-0.2, 0) is 15.8 Å². The molecule has 2 heterocycles. The fraction of sp³-hybridized carbons (Fsp3) is 0.600. The van der Waals surface area contributed by atoms with Gasteiger partial charge in [-0.05, 0) is 24.1 Å². The first kappa shape index (κ1) is 20.5. The maximum absolute atomic E-state index is 12.9. The van der Waals surface area contributed by atoms with Gasteiger partial charge < -0.3 is 14.7 Å². The first-order chi connectivity index (χ1) is 13.1. The van der Waals surface area contributed by atoms with Gasteiger partial charge in [0.2, 0.25) is 11.8 Å². The summed E-state index contributed by atoms with van der Waals surface area (Å²) in [6.45, 7) is 7.04. The second-order valence-corrected chi connectivity index (χ2v) is 7.95. The molecule has 2 saturated heterocycles. The highest BCUT2D eigenvalue weighted by molar-refractivity contribution is 5.89. The SMILES string of the molecule is CC(C)CN1CC(C(=O)N2CCN(c3cccc(C(F)(F)F)c3)CC2)CC1=O. The number of anilines is 1. The van der Waals surface area contributed by atoms with Crippen molar-refractivity contribution in [1.29, 1.82) is 0 Å². The van der Waals surface area contributed by atoms with Gasteiger partial charge in [-0.25, -0.2) is 0 Å². The second kappa shape index (κ2) is 8.01. The summed E-state index contributed by atoms with van der Waals surface area (Å²) < 4.78 is 38.7. The Morgan fingerprint density at radius 1 is 1.18 bits per heavy atom. The molecule has 8 heteroatoms. The first-order valence-electron chi connectivity index (χ1n) is 9.64. The molecule has 1 unspecified atom stereocenters. The van der Waals surface area contributed by atoms with Crippen molar-refractivity contribution in [3.8, 4) is 0 Å². The Labute approximate surface area is 163 Å². The molecular weight excluding hydrogens is 371 g/mol. The minimum Gasteiger partial charge on any atom is -0.368 e. The molecule has 0 N–H and O–H groups in total. The fourth-order valence-corrected chi connectivity index (χ4v) is 3.88. The van der Waals surface area contributed by atoms with Crippen LogP contribution in [0.25, 0.3) is 0 Å². The summed E-state index contributed by atoms with van der Waals surface area (Å²) >= 11 is 0. The molecule has 1 aromatic rings. The standard InChI is InChI=1S/C20H26F3N3O2/c1-14(2)12-26-13-15(10-18(26)27)19(28)25-8-6-24(7-9-25)17-5-3-4-16(11-17)20(21,22)23/h3-5,11,14-15H,6-10,12-13H2,1-2H3. The third-order valence-electron chi connectivity index (χ3n) is 5.28. The van der Waals surface area contributed by atoms with Crippen molar-refractivity contribution in [2.24, 2.45) is 11.8 Å². The van der Waals surface area contributed by atoms with Crippen molar-refractivity contribution < 1.29 is 22.8 Å². The molecule has 0 aromatic heterocycles. The summed E-state index contributed by atoms with van der Waals surface area (Å²) in [5, 5.41) is 0. The number of benzene rings is 1. The average molecular weight is 397 g/mol. The number of hydrogen-bond donors (Lipinski definition) is 0. The summed E-state index contributed by atoms with van der Waals surface area (Å²) in [5.41, 5.74) is -0.153. The van der Waals surface area contributed by atoms with E-state index in [9.17, 15) is 22.8 Å². The number of carbonyl (C=O) groups is 2. The van der Waals surface area contributed by atoms with Crippen LogP contribution >= 0.6 is 0 Å². The predicted octanol–water partition coefficient (Wildman–Crippen LogP) is 2.86. The molecule has 1 atom stereocenters. The third-order valence-corrected chi connectivity index (χ3v) is 5.28. The first-order valence-corrected chi connectivity index (χ1v) is 9.64. The van der Waals surface area contributed by atoms with Crippen LogP contribution < -0.4 is 4.90 Å². The van der Waals surface area contributed by atoms with Crippen molar-refractivity contribution in [2.75, 3.05) is 44.2 Å². The fourth-order valence-electron chi connectivity index (χ4n) is 3.88. The molecule has 154 valence electrons. The lowest BCUT2D eigenvalue weighted by Crippen LogP contribution is -2.50. The minimum atomic E-state index is -4.37. The van der Waals surface area contributed by atoms with Gasteiger partial charge in [0.15, 0.2) is 0 Å². The number of amides is 2. The van der Waals surface area contributed by atoms with E-state index in [4.69, 9.17) is 0 Å². The Bertz CT molecular complexity index is 728. The lowest BCUT2D eigenvalue weighted by Gasteiger charge is -2.37. The summed E-state index contributed by atoms with van der Waals surface area (Å²) in [7, 11) is 0. The van der Waals surface area contributed by atoms with Crippen LogP contribution in [0.1, 0.15) is 25.8 Å². The number of hydrogen-bond acceptors (Lipinski definition) is 3. The molecule has 3 rings (SSSR count). The van der Waals surface area contributed by atoms with Gasteiger partial charge >= 0.3 is 6.18 Å². The largest absolute Gasteiger partial charge is 0.416 e. The van der Waals surface area contributed by atoms with E-state index in [1.807, 2.05) is 18.7 Å². The summed E-state index contributed by atoms with van der Waals surface area (Å²) in [6, 6.07) is 5.27. The predicted molar refractivity (Wildman–Crippen MR) is 99.8 cm³/mol. The van der Waals surface area contributed by atoms with Gasteiger partial charge in [-0.1, -0.05) is 19.9 Å². The van der Waals surface area contributed by atoms with Crippen molar-refractivity contribution in [3.63, 3.8) is 0 Å². The smallest absolute Gasteiger partial charge is 0.368 e. The van der Waals surface area contributed by atoms with Gasteiger partial charge in [0.1, 0.15) is 0 Å². The minimum absolute atomic E-state index is 0.0228. The lowest BCUT2D eigenvalue weighted by molar-refractivity contribution is -0.137. The quantitative estimate of drug-likeness (QED) is 0.785. The van der Waals surface area contributed by atoms with Crippen LogP contribution in [0.2, 0.25) is 0 Å². The van der Waals surface area contributed by atoms with Crippen LogP contribution in [0.3, 0.4) is 0 Å². The molecule has 2 aliphatic heterocycles. The highest BCUT2D eigenvalue weighted by atomic mass is 19.4. The Morgan fingerprint density at radius 3 is 2.46 bits per heavy atom. The summed E-state index contributed by atoms with van der Waals surface area (Å²) in [6.07, 6.45) is -4.12. The van der Waals surface area contributed by atoms with E-state index in [1.165, 1.54) is 6.07 Å². The van der Waals surface area contributed by atoms with Crippen molar-refractivity contribution >= 4 is 17.5 Å². The normalized spacial score (nSPS) is 21.0. The number of rotatable bonds is 4. The van der Waals surface area contributed by atoms with Gasteiger partial charge in [-0.3, -0.25) is 9.59 Å². The van der Waals surface area contributed by atoms with Gasteiger partial charge in [0.05, 0.1) is 11.5 Å². The van der Waals surface area contributed by atoms with Crippen molar-refractivity contribution in [3.05, 3.63) is 29.8 Å². The molecule has 28 heavy (non-hydrogen) atoms. The summed E-state index contributed by atoms with van der Waals surface area (Å²) in [4.78, 5) is 30.3. The number of piperazine rings is 1. The molecule has 2 aliphatic rings. The molecule has 0 bridgehead atoms. The molecule has 0 saturated carbocycles. The van der Waals surface area contributed by atoms with E-state index in [1.54, 1.807) is 15.9 Å². The molecule has 0 aliphatic carbocycles. The topological polar surface area (TPSA) is 43.9 Å². The Morgan fingerprint density at radius 2 is 1.86 bits per heavy atom. The van der Waals surface area contributed by atoms with Gasteiger partial charge in [0.25, 0.3) is 0 Å². The van der Waals surface area contributed by atoms with Crippen LogP contribution in [0, 0.1) is 11.8 Å². The number of halogens is 3. The molecule has 0 spiro atoms. The van der Waals surface area contributed by atoms with E-state index in [2.05, 4.69) is 0 Å². The molecule has 0 radical (unpaired) electrons. The maximum Gasteiger partial charge on any atom is 0.416 e. The zero-order valence-corrected chi connectivity index (χ0v) is 16.2. The van der Waals surface area contributed by atoms with Crippen LogP contribution in [0.4, 0.5) is 18.9 Å². The third kappa shape index (κ3) is 4.59. The number of nitrogens with zero attached hydrogens (tertiary/aromatic N) is 3. The zero-order valence-electron chi connectivity index (χ0n) is 16.2. The summed E-state index contributed by atoms with van der Waals surface area (Å²) in [5.74, 6) is 0.0399. The van der Waals surface area contributed by atoms with E-state index < -0.39 is 11.7 Å². The van der Waals surface area contributed by atoms with Gasteiger partial charge in [-0.2, -0.15) is 13.2 Å². The number of carbonyl (C=O) groups excluding carboxylic acids is 2. The second-order valence-electron chi connectivity index (χ2n) is 7.95. The molecule has 5 nitrogen and oxygen atoms in total.